The van der Waals surface area contributed by atoms with Gasteiger partial charge in [0.1, 0.15) is 0 Å². The second-order valence-electron chi connectivity index (χ2n) is 4.41. The number of imide groups is 1. The Kier molecular flexibility index (Phi) is 5.56. The van der Waals surface area contributed by atoms with Crippen LogP contribution in [0.1, 0.15) is 11.8 Å². The van der Waals surface area contributed by atoms with E-state index in [9.17, 15) is 9.59 Å². The van der Waals surface area contributed by atoms with Gasteiger partial charge in [-0.05, 0) is 18.4 Å². The van der Waals surface area contributed by atoms with Crippen molar-refractivity contribution in [1.82, 2.24) is 20.9 Å². The highest BCUT2D eigenvalue weighted by atomic mass is 32.1. The number of nitrogens with zero attached hydrogens (tertiary/aromatic N) is 2. The number of nitrogens with one attached hydrogen (secondary N) is 3. The van der Waals surface area contributed by atoms with E-state index in [2.05, 4.69) is 20.9 Å². The Hall–Kier alpha value is -2.09. The van der Waals surface area contributed by atoms with Crippen LogP contribution < -0.4 is 16.0 Å². The number of carbonyl (C=O) groups excluding carboxylic acids is 2. The topological polar surface area (TPSA) is 85.8 Å². The third-order valence-corrected chi connectivity index (χ3v) is 3.74. The van der Waals surface area contributed by atoms with Crippen molar-refractivity contribution in [2.75, 3.05) is 26.2 Å². The van der Waals surface area contributed by atoms with Crippen LogP contribution in [0.4, 0.5) is 4.79 Å². The molecule has 1 aromatic rings. The predicted molar refractivity (Wildman–Crippen MR) is 82.2 cm³/mol. The molecule has 2 heterocycles. The van der Waals surface area contributed by atoms with Crippen LogP contribution in [0, 0.1) is 0 Å². The zero-order chi connectivity index (χ0) is 15.1. The molecular weight excluding hydrogens is 290 g/mol. The maximum Gasteiger partial charge on any atom is 0.324 e. The van der Waals surface area contributed by atoms with E-state index >= 15 is 0 Å². The molecule has 0 aliphatic carbocycles. The molecule has 3 amide bonds. The molecule has 0 unspecified atom stereocenters. The van der Waals surface area contributed by atoms with Crippen molar-refractivity contribution in [1.29, 1.82) is 0 Å². The molecule has 0 atom stereocenters. The summed E-state index contributed by atoms with van der Waals surface area (Å²) in [6, 6.07) is 3.70. The lowest BCUT2D eigenvalue weighted by molar-refractivity contribution is -0.124. The molecule has 0 radical (unpaired) electrons. The molecule has 1 fully saturated rings. The molecule has 21 heavy (non-hydrogen) atoms. The van der Waals surface area contributed by atoms with Crippen LogP contribution in [0.5, 0.6) is 0 Å². The molecule has 0 bridgehead atoms. The Morgan fingerprint density at radius 1 is 1.48 bits per heavy atom. The highest BCUT2D eigenvalue weighted by Gasteiger charge is 2.27. The number of hydrogen-bond acceptors (Lipinski definition) is 4. The van der Waals surface area contributed by atoms with Crippen molar-refractivity contribution in [3.8, 4) is 0 Å². The summed E-state index contributed by atoms with van der Waals surface area (Å²) in [7, 11) is 0. The Labute approximate surface area is 127 Å². The van der Waals surface area contributed by atoms with Gasteiger partial charge in [-0.3, -0.25) is 9.69 Å². The van der Waals surface area contributed by atoms with Crippen molar-refractivity contribution >= 4 is 29.2 Å². The quantitative estimate of drug-likeness (QED) is 0.402. The van der Waals surface area contributed by atoms with E-state index in [1.54, 1.807) is 11.3 Å². The molecule has 0 saturated carbocycles. The smallest absolute Gasteiger partial charge is 0.324 e. The lowest BCUT2D eigenvalue weighted by Gasteiger charge is -2.15. The molecule has 2 rings (SSSR count). The third kappa shape index (κ3) is 4.45. The number of hydrogen-bond donors (Lipinski definition) is 3. The molecule has 3 N–H and O–H groups in total. The molecule has 1 aromatic heterocycles. The van der Waals surface area contributed by atoms with Crippen molar-refractivity contribution < 1.29 is 9.59 Å². The number of guanidine groups is 1. The molecule has 0 spiro atoms. The number of rotatable bonds is 6. The molecule has 1 saturated heterocycles. The summed E-state index contributed by atoms with van der Waals surface area (Å²) < 4.78 is 0. The Morgan fingerprint density at radius 3 is 2.95 bits per heavy atom. The summed E-state index contributed by atoms with van der Waals surface area (Å²) in [6.07, 6.45) is 0. The minimum Gasteiger partial charge on any atom is -0.357 e. The van der Waals surface area contributed by atoms with E-state index in [1.807, 2.05) is 24.4 Å². The van der Waals surface area contributed by atoms with Crippen LogP contribution in [-0.2, 0) is 11.3 Å². The van der Waals surface area contributed by atoms with Gasteiger partial charge in [-0.15, -0.1) is 11.3 Å². The first-order chi connectivity index (χ1) is 10.2. The van der Waals surface area contributed by atoms with Crippen molar-refractivity contribution in [2.24, 2.45) is 4.99 Å². The van der Waals surface area contributed by atoms with Gasteiger partial charge in [0.05, 0.1) is 13.1 Å². The normalized spacial score (nSPS) is 15.3. The largest absolute Gasteiger partial charge is 0.357 e. The van der Waals surface area contributed by atoms with E-state index in [0.717, 1.165) is 6.54 Å². The number of carbonyl (C=O) groups is 2. The van der Waals surface area contributed by atoms with Gasteiger partial charge < -0.3 is 16.0 Å². The van der Waals surface area contributed by atoms with Crippen molar-refractivity contribution in [2.45, 2.75) is 13.5 Å². The van der Waals surface area contributed by atoms with Gasteiger partial charge in [0.2, 0.25) is 5.91 Å². The number of thiophene rings is 1. The standard InChI is InChI=1S/C13H19N5O2S/c1-2-14-12(16-8-10-4-3-7-21-10)15-5-6-18-11(19)9-17-13(18)20/h3-4,7H,2,5-6,8-9H2,1H3,(H,17,20)(H2,14,15,16). The van der Waals surface area contributed by atoms with Crippen LogP contribution in [0.3, 0.4) is 0 Å². The van der Waals surface area contributed by atoms with Gasteiger partial charge in [0.15, 0.2) is 5.96 Å². The second kappa shape index (κ2) is 7.63. The number of urea groups is 1. The summed E-state index contributed by atoms with van der Waals surface area (Å²) >= 11 is 1.66. The van der Waals surface area contributed by atoms with Crippen LogP contribution >= 0.6 is 11.3 Å². The minimum atomic E-state index is -0.331. The zero-order valence-electron chi connectivity index (χ0n) is 11.9. The average molecular weight is 309 g/mol. The van der Waals surface area contributed by atoms with Crippen LogP contribution in [0.2, 0.25) is 0 Å². The zero-order valence-corrected chi connectivity index (χ0v) is 12.7. The lowest BCUT2D eigenvalue weighted by Crippen LogP contribution is -2.43. The van der Waals surface area contributed by atoms with E-state index in [0.29, 0.717) is 25.6 Å². The van der Waals surface area contributed by atoms with E-state index < -0.39 is 0 Å². The summed E-state index contributed by atoms with van der Waals surface area (Å²) in [4.78, 5) is 29.7. The number of aliphatic imine (C=N–C) groups is 1. The number of amides is 3. The Bertz CT molecular complexity index is 499. The second-order valence-corrected chi connectivity index (χ2v) is 5.44. The van der Waals surface area contributed by atoms with Gasteiger partial charge >= 0.3 is 6.03 Å². The first-order valence-electron chi connectivity index (χ1n) is 6.83. The monoisotopic (exact) mass is 309 g/mol. The van der Waals surface area contributed by atoms with E-state index in [1.165, 1.54) is 9.78 Å². The van der Waals surface area contributed by atoms with Gasteiger partial charge in [-0.2, -0.15) is 0 Å². The highest BCUT2D eigenvalue weighted by Crippen LogP contribution is 2.09. The third-order valence-electron chi connectivity index (χ3n) is 2.88. The van der Waals surface area contributed by atoms with Gasteiger partial charge in [0.25, 0.3) is 0 Å². The minimum absolute atomic E-state index is 0.0887. The Morgan fingerprint density at radius 2 is 2.33 bits per heavy atom. The molecular formula is C13H19N5O2S. The summed E-state index contributed by atoms with van der Waals surface area (Å²) in [6.45, 7) is 4.23. The molecule has 0 aromatic carbocycles. The fraction of sp³-hybridized carbons (Fsp3) is 0.462. The first-order valence-corrected chi connectivity index (χ1v) is 7.71. The summed E-state index contributed by atoms with van der Waals surface area (Å²) in [5, 5.41) is 10.8. The lowest BCUT2D eigenvalue weighted by atomic mass is 10.5. The Balaban J connectivity index is 1.81. The SMILES string of the molecule is CCNC(=NCc1cccs1)NCCN1C(=O)CNC1=O. The van der Waals surface area contributed by atoms with Crippen molar-refractivity contribution in [3.63, 3.8) is 0 Å². The molecule has 1 aliphatic rings. The van der Waals surface area contributed by atoms with Crippen LogP contribution in [-0.4, -0.2) is 49.0 Å². The summed E-state index contributed by atoms with van der Waals surface area (Å²) in [5.74, 6) is 0.486. The first kappa shape index (κ1) is 15.3. The molecule has 114 valence electrons. The maximum atomic E-state index is 11.4. The average Bonchev–Trinajstić information content (AvgIpc) is 3.09. The van der Waals surface area contributed by atoms with E-state index in [4.69, 9.17) is 0 Å². The fourth-order valence-electron chi connectivity index (χ4n) is 1.87. The highest BCUT2D eigenvalue weighted by molar-refractivity contribution is 7.09. The van der Waals surface area contributed by atoms with Gasteiger partial charge in [-0.25, -0.2) is 9.79 Å². The van der Waals surface area contributed by atoms with Crippen LogP contribution in [0.15, 0.2) is 22.5 Å². The molecule has 7 nitrogen and oxygen atoms in total. The predicted octanol–water partition coefficient (Wildman–Crippen LogP) is 0.355. The summed E-state index contributed by atoms with van der Waals surface area (Å²) in [5.41, 5.74) is 0. The van der Waals surface area contributed by atoms with Gasteiger partial charge in [0, 0.05) is 24.5 Å². The van der Waals surface area contributed by atoms with E-state index in [-0.39, 0.29) is 18.5 Å². The fourth-order valence-corrected chi connectivity index (χ4v) is 2.50. The van der Waals surface area contributed by atoms with Gasteiger partial charge in [-0.1, -0.05) is 6.07 Å². The maximum absolute atomic E-state index is 11.4. The van der Waals surface area contributed by atoms with Crippen LogP contribution in [0.25, 0.3) is 0 Å². The molecule has 1 aliphatic heterocycles. The van der Waals surface area contributed by atoms with Crippen molar-refractivity contribution in [3.05, 3.63) is 22.4 Å². The molecule has 8 heteroatoms.